The molecule has 0 saturated carbocycles. The van der Waals surface area contributed by atoms with Crippen molar-refractivity contribution in [1.82, 2.24) is 4.98 Å². The predicted molar refractivity (Wildman–Crippen MR) is 112 cm³/mol. The van der Waals surface area contributed by atoms with Gasteiger partial charge in [-0.2, -0.15) is 0 Å². The van der Waals surface area contributed by atoms with Gasteiger partial charge in [-0.25, -0.2) is 9.37 Å². The number of rotatable bonds is 5. The highest BCUT2D eigenvalue weighted by molar-refractivity contribution is 7.10. The Labute approximate surface area is 167 Å². The van der Waals surface area contributed by atoms with E-state index >= 15 is 0 Å². The SMILES string of the molecule is O=C(Cc1cccs1)Nc1ccc(N2CCN(c3ccccc3F)CC2)cn1. The fourth-order valence-corrected chi connectivity index (χ4v) is 4.02. The molecule has 1 aliphatic rings. The Morgan fingerprint density at radius 2 is 1.82 bits per heavy atom. The van der Waals surface area contributed by atoms with Crippen LogP contribution in [0.3, 0.4) is 0 Å². The third kappa shape index (κ3) is 4.31. The lowest BCUT2D eigenvalue weighted by Gasteiger charge is -2.37. The van der Waals surface area contributed by atoms with Crippen LogP contribution < -0.4 is 15.1 Å². The molecule has 1 N–H and O–H groups in total. The first-order valence-electron chi connectivity index (χ1n) is 9.22. The number of anilines is 3. The van der Waals surface area contributed by atoms with Gasteiger partial charge in [0, 0.05) is 31.1 Å². The third-order valence-electron chi connectivity index (χ3n) is 4.77. The maximum atomic E-state index is 14.0. The Hall–Kier alpha value is -2.93. The van der Waals surface area contributed by atoms with E-state index in [0.29, 0.717) is 17.9 Å². The van der Waals surface area contributed by atoms with Crippen molar-refractivity contribution < 1.29 is 9.18 Å². The Balaban J connectivity index is 1.32. The standard InChI is InChI=1S/C21H21FN4OS/c22-18-5-1-2-6-19(18)26-11-9-25(10-12-26)16-7-8-20(23-15-16)24-21(27)14-17-4-3-13-28-17/h1-8,13,15H,9-12,14H2,(H,23,24,27). The van der Waals surface area contributed by atoms with Crippen LogP contribution in [0.15, 0.2) is 60.1 Å². The molecule has 0 radical (unpaired) electrons. The maximum Gasteiger partial charge on any atom is 0.230 e. The summed E-state index contributed by atoms with van der Waals surface area (Å²) in [5.74, 6) is 0.303. The van der Waals surface area contributed by atoms with Crippen molar-refractivity contribution in [3.63, 3.8) is 0 Å². The van der Waals surface area contributed by atoms with Crippen LogP contribution in [-0.2, 0) is 11.2 Å². The van der Waals surface area contributed by atoms with Crippen LogP contribution in [0.25, 0.3) is 0 Å². The Morgan fingerprint density at radius 1 is 1.04 bits per heavy atom. The predicted octanol–water partition coefficient (Wildman–Crippen LogP) is 3.79. The van der Waals surface area contributed by atoms with E-state index in [2.05, 4.69) is 20.1 Å². The zero-order chi connectivity index (χ0) is 19.3. The van der Waals surface area contributed by atoms with Crippen molar-refractivity contribution in [2.24, 2.45) is 0 Å². The molecule has 0 atom stereocenters. The average Bonchev–Trinajstić information content (AvgIpc) is 3.22. The van der Waals surface area contributed by atoms with E-state index in [1.54, 1.807) is 23.6 Å². The number of aromatic nitrogens is 1. The summed E-state index contributed by atoms with van der Waals surface area (Å²) in [7, 11) is 0. The maximum absolute atomic E-state index is 14.0. The van der Waals surface area contributed by atoms with Gasteiger partial charge in [-0.1, -0.05) is 18.2 Å². The first-order chi connectivity index (χ1) is 13.7. The van der Waals surface area contributed by atoms with Crippen LogP contribution >= 0.6 is 11.3 Å². The molecule has 4 rings (SSSR count). The Kier molecular flexibility index (Phi) is 5.53. The second kappa shape index (κ2) is 8.39. The van der Waals surface area contributed by atoms with Gasteiger partial charge in [0.15, 0.2) is 0 Å². The molecule has 0 aliphatic carbocycles. The largest absolute Gasteiger partial charge is 0.367 e. The average molecular weight is 396 g/mol. The van der Waals surface area contributed by atoms with Crippen molar-refractivity contribution in [2.75, 3.05) is 41.3 Å². The van der Waals surface area contributed by atoms with Gasteiger partial charge in [-0.3, -0.25) is 4.79 Å². The molecule has 144 valence electrons. The number of nitrogens with zero attached hydrogens (tertiary/aromatic N) is 3. The molecule has 1 aliphatic heterocycles. The molecule has 1 fully saturated rings. The fourth-order valence-electron chi connectivity index (χ4n) is 3.32. The van der Waals surface area contributed by atoms with Gasteiger partial charge in [-0.05, 0) is 35.7 Å². The summed E-state index contributed by atoms with van der Waals surface area (Å²) in [6, 6.07) is 14.6. The van der Waals surface area contributed by atoms with Gasteiger partial charge in [-0.15, -0.1) is 11.3 Å². The number of para-hydroxylation sites is 1. The Bertz CT molecular complexity index is 922. The van der Waals surface area contributed by atoms with Crippen LogP contribution in [-0.4, -0.2) is 37.1 Å². The lowest BCUT2D eigenvalue weighted by atomic mass is 10.2. The summed E-state index contributed by atoms with van der Waals surface area (Å²) in [5.41, 5.74) is 1.66. The van der Waals surface area contributed by atoms with E-state index in [0.717, 1.165) is 36.7 Å². The first kappa shape index (κ1) is 18.4. The highest BCUT2D eigenvalue weighted by atomic mass is 32.1. The number of pyridine rings is 1. The molecule has 2 aromatic heterocycles. The quantitative estimate of drug-likeness (QED) is 0.713. The minimum absolute atomic E-state index is 0.0683. The van der Waals surface area contributed by atoms with Crippen LogP contribution in [0.4, 0.5) is 21.6 Å². The Morgan fingerprint density at radius 3 is 2.50 bits per heavy atom. The monoisotopic (exact) mass is 396 g/mol. The summed E-state index contributed by atoms with van der Waals surface area (Å²) in [5, 5.41) is 4.79. The van der Waals surface area contributed by atoms with Crippen molar-refractivity contribution in [3.8, 4) is 0 Å². The molecule has 1 saturated heterocycles. The van der Waals surface area contributed by atoms with Crippen LogP contribution in [0.2, 0.25) is 0 Å². The summed E-state index contributed by atoms with van der Waals surface area (Å²) < 4.78 is 14.0. The molecule has 5 nitrogen and oxygen atoms in total. The van der Waals surface area contributed by atoms with E-state index in [9.17, 15) is 9.18 Å². The number of piperazine rings is 1. The minimum atomic E-state index is -0.180. The van der Waals surface area contributed by atoms with Crippen LogP contribution in [0.1, 0.15) is 4.88 Å². The fraction of sp³-hybridized carbons (Fsp3) is 0.238. The van der Waals surface area contributed by atoms with Crippen molar-refractivity contribution >= 4 is 34.4 Å². The molecular weight excluding hydrogens is 375 g/mol. The minimum Gasteiger partial charge on any atom is -0.367 e. The first-order valence-corrected chi connectivity index (χ1v) is 10.1. The van der Waals surface area contributed by atoms with E-state index in [4.69, 9.17) is 0 Å². The molecule has 0 unspecified atom stereocenters. The van der Waals surface area contributed by atoms with Crippen molar-refractivity contribution in [1.29, 1.82) is 0 Å². The number of hydrogen-bond acceptors (Lipinski definition) is 5. The number of halogens is 1. The number of hydrogen-bond donors (Lipinski definition) is 1. The molecule has 0 spiro atoms. The number of carbonyl (C=O) groups is 1. The second-order valence-electron chi connectivity index (χ2n) is 6.63. The van der Waals surface area contributed by atoms with Gasteiger partial charge < -0.3 is 15.1 Å². The number of benzene rings is 1. The molecule has 28 heavy (non-hydrogen) atoms. The van der Waals surface area contributed by atoms with Crippen LogP contribution in [0, 0.1) is 5.82 Å². The summed E-state index contributed by atoms with van der Waals surface area (Å²) >= 11 is 1.57. The van der Waals surface area contributed by atoms with Gasteiger partial charge in [0.1, 0.15) is 11.6 Å². The zero-order valence-corrected chi connectivity index (χ0v) is 16.2. The summed E-state index contributed by atoms with van der Waals surface area (Å²) in [6.07, 6.45) is 2.14. The second-order valence-corrected chi connectivity index (χ2v) is 7.66. The summed E-state index contributed by atoms with van der Waals surface area (Å²) in [4.78, 5) is 21.8. The summed E-state index contributed by atoms with van der Waals surface area (Å²) in [6.45, 7) is 3.08. The molecular formula is C21H21FN4OS. The van der Waals surface area contributed by atoms with Crippen molar-refractivity contribution in [3.05, 3.63) is 70.8 Å². The van der Waals surface area contributed by atoms with E-state index in [-0.39, 0.29) is 11.7 Å². The van der Waals surface area contributed by atoms with Gasteiger partial charge in [0.2, 0.25) is 5.91 Å². The number of carbonyl (C=O) groups excluding carboxylic acids is 1. The number of amides is 1. The van der Waals surface area contributed by atoms with E-state index in [1.807, 2.05) is 41.8 Å². The lowest BCUT2D eigenvalue weighted by molar-refractivity contribution is -0.115. The van der Waals surface area contributed by atoms with Crippen LogP contribution in [0.5, 0.6) is 0 Å². The lowest BCUT2D eigenvalue weighted by Crippen LogP contribution is -2.46. The molecule has 7 heteroatoms. The van der Waals surface area contributed by atoms with E-state index < -0.39 is 0 Å². The topological polar surface area (TPSA) is 48.5 Å². The normalized spacial score (nSPS) is 14.2. The number of thiophene rings is 1. The van der Waals surface area contributed by atoms with Crippen molar-refractivity contribution in [2.45, 2.75) is 6.42 Å². The molecule has 3 aromatic rings. The highest BCUT2D eigenvalue weighted by Crippen LogP contribution is 2.23. The van der Waals surface area contributed by atoms with Gasteiger partial charge >= 0.3 is 0 Å². The smallest absolute Gasteiger partial charge is 0.230 e. The molecule has 0 bridgehead atoms. The molecule has 1 aromatic carbocycles. The highest BCUT2D eigenvalue weighted by Gasteiger charge is 2.19. The van der Waals surface area contributed by atoms with Gasteiger partial charge in [0.25, 0.3) is 0 Å². The number of nitrogens with one attached hydrogen (secondary N) is 1. The third-order valence-corrected chi connectivity index (χ3v) is 5.64. The molecule has 3 heterocycles. The zero-order valence-electron chi connectivity index (χ0n) is 15.3. The molecule has 1 amide bonds. The van der Waals surface area contributed by atoms with E-state index in [1.165, 1.54) is 6.07 Å². The van der Waals surface area contributed by atoms with Gasteiger partial charge in [0.05, 0.1) is 24.0 Å².